The van der Waals surface area contributed by atoms with Crippen molar-refractivity contribution >= 4 is 79.2 Å². The molecule has 2 heterocycles. The van der Waals surface area contributed by atoms with Crippen LogP contribution in [0.3, 0.4) is 0 Å². The van der Waals surface area contributed by atoms with E-state index in [1.54, 1.807) is 56.3 Å². The number of nitrogens with one attached hydrogen (secondary N) is 2. The highest BCUT2D eigenvalue weighted by molar-refractivity contribution is 8.14. The molecule has 5 rings (SSSR count). The fraction of sp³-hybridized carbons (Fsp3) is 0.324. The van der Waals surface area contributed by atoms with Gasteiger partial charge >= 0.3 is 0 Å². The maximum absolute atomic E-state index is 13.7. The molecule has 0 unspecified atom stereocenters. The smallest absolute Gasteiger partial charge is 0.229 e. The standard InChI is InChI=1S/C37H36ClFN4O7S2/c1-21(44)51-19-25(20-52-22(2)45)36(46)43-32-12-29-31(13-34(32)48-17-28-18-49-37(3,4)50-28)41-15-24(14-40)35(29)42-27-8-9-33(30(38)11-27)47-16-23-6-5-7-26(39)10-23/h5-13,15,25,28H,16-20H2,1-4H3,(H,41,42)(H,43,46)/t28-/m0/s1. The van der Waals surface area contributed by atoms with Crippen molar-refractivity contribution in [3.05, 3.63) is 82.8 Å². The fourth-order valence-corrected chi connectivity index (χ4v) is 6.98. The van der Waals surface area contributed by atoms with E-state index in [1.807, 2.05) is 0 Å². The number of amides is 1. The Labute approximate surface area is 313 Å². The number of pyridine rings is 1. The molecule has 15 heteroatoms. The predicted octanol–water partition coefficient (Wildman–Crippen LogP) is 7.87. The number of halogens is 2. The Bertz CT molecular complexity index is 2010. The lowest BCUT2D eigenvalue weighted by molar-refractivity contribution is -0.141. The van der Waals surface area contributed by atoms with Gasteiger partial charge in [0.25, 0.3) is 0 Å². The van der Waals surface area contributed by atoms with Gasteiger partial charge in [0.1, 0.15) is 42.7 Å². The van der Waals surface area contributed by atoms with Crippen LogP contribution in [-0.4, -0.2) is 57.7 Å². The largest absolute Gasteiger partial charge is 0.489 e. The van der Waals surface area contributed by atoms with E-state index in [4.69, 9.17) is 30.5 Å². The van der Waals surface area contributed by atoms with Crippen LogP contribution in [0.5, 0.6) is 11.5 Å². The number of nitriles is 1. The molecular weight excluding hydrogens is 731 g/mol. The molecule has 1 aromatic heterocycles. The van der Waals surface area contributed by atoms with E-state index in [9.17, 15) is 24.0 Å². The molecule has 2 N–H and O–H groups in total. The Hall–Kier alpha value is -4.39. The molecule has 1 aliphatic heterocycles. The Kier molecular flexibility index (Phi) is 13.0. The summed E-state index contributed by atoms with van der Waals surface area (Å²) in [6.07, 6.45) is 1.05. The van der Waals surface area contributed by atoms with E-state index in [-0.39, 0.29) is 68.9 Å². The summed E-state index contributed by atoms with van der Waals surface area (Å²) in [6, 6.07) is 16.5. The molecule has 272 valence electrons. The van der Waals surface area contributed by atoms with Crippen LogP contribution in [0.15, 0.2) is 60.8 Å². The number of hydrogen-bond acceptors (Lipinski definition) is 12. The van der Waals surface area contributed by atoms with Gasteiger partial charge in [-0.25, -0.2) is 4.39 Å². The van der Waals surface area contributed by atoms with Gasteiger partial charge in [0.2, 0.25) is 5.91 Å². The first-order valence-corrected chi connectivity index (χ1v) is 18.5. The zero-order valence-electron chi connectivity index (χ0n) is 28.8. The molecule has 1 saturated heterocycles. The quantitative estimate of drug-likeness (QED) is 0.129. The number of carbonyl (C=O) groups excluding carboxylic acids is 3. The zero-order valence-corrected chi connectivity index (χ0v) is 31.2. The maximum Gasteiger partial charge on any atom is 0.229 e. The minimum Gasteiger partial charge on any atom is -0.489 e. The average Bonchev–Trinajstić information content (AvgIpc) is 3.45. The van der Waals surface area contributed by atoms with Crippen LogP contribution in [0.2, 0.25) is 5.02 Å². The zero-order chi connectivity index (χ0) is 37.4. The van der Waals surface area contributed by atoms with Crippen LogP contribution in [0, 0.1) is 23.1 Å². The number of nitrogens with zero attached hydrogens (tertiary/aromatic N) is 2. The van der Waals surface area contributed by atoms with Gasteiger partial charge in [-0.15, -0.1) is 0 Å². The molecular formula is C37H36ClFN4O7S2. The van der Waals surface area contributed by atoms with Gasteiger partial charge in [0.05, 0.1) is 40.0 Å². The maximum atomic E-state index is 13.7. The van der Waals surface area contributed by atoms with Gasteiger partial charge in [0.15, 0.2) is 16.0 Å². The molecule has 52 heavy (non-hydrogen) atoms. The normalized spacial score (nSPS) is 14.9. The highest BCUT2D eigenvalue weighted by Crippen LogP contribution is 2.38. The summed E-state index contributed by atoms with van der Waals surface area (Å²) in [5.41, 5.74) is 2.51. The monoisotopic (exact) mass is 766 g/mol. The van der Waals surface area contributed by atoms with Gasteiger partial charge in [-0.2, -0.15) is 5.26 Å². The predicted molar refractivity (Wildman–Crippen MR) is 201 cm³/mol. The van der Waals surface area contributed by atoms with Gasteiger partial charge in [0, 0.05) is 48.7 Å². The minimum atomic E-state index is -0.769. The molecule has 0 saturated carbocycles. The Balaban J connectivity index is 1.47. The van der Waals surface area contributed by atoms with Crippen molar-refractivity contribution in [3.63, 3.8) is 0 Å². The second kappa shape index (κ2) is 17.4. The molecule has 11 nitrogen and oxygen atoms in total. The van der Waals surface area contributed by atoms with Crippen molar-refractivity contribution in [2.45, 2.75) is 46.2 Å². The van der Waals surface area contributed by atoms with E-state index < -0.39 is 17.6 Å². The summed E-state index contributed by atoms with van der Waals surface area (Å²) in [5.74, 6) is -1.25. The number of ether oxygens (including phenoxy) is 4. The summed E-state index contributed by atoms with van der Waals surface area (Å²) in [6.45, 7) is 6.96. The van der Waals surface area contributed by atoms with Crippen molar-refractivity contribution in [1.82, 2.24) is 4.98 Å². The van der Waals surface area contributed by atoms with E-state index in [1.165, 1.54) is 32.2 Å². The lowest BCUT2D eigenvalue weighted by Crippen LogP contribution is -2.28. The highest BCUT2D eigenvalue weighted by Gasteiger charge is 2.33. The van der Waals surface area contributed by atoms with Gasteiger partial charge in [-0.3, -0.25) is 19.4 Å². The molecule has 0 spiro atoms. The first-order chi connectivity index (χ1) is 24.8. The van der Waals surface area contributed by atoms with Crippen LogP contribution < -0.4 is 20.1 Å². The Morgan fingerprint density at radius 1 is 1.08 bits per heavy atom. The third-order valence-electron chi connectivity index (χ3n) is 7.67. The summed E-state index contributed by atoms with van der Waals surface area (Å²) < 4.78 is 37.2. The number of hydrogen-bond donors (Lipinski definition) is 2. The third kappa shape index (κ3) is 10.6. The third-order valence-corrected chi connectivity index (χ3v) is 9.92. The van der Waals surface area contributed by atoms with Gasteiger partial charge < -0.3 is 29.6 Å². The van der Waals surface area contributed by atoms with Crippen molar-refractivity contribution in [2.24, 2.45) is 5.92 Å². The molecule has 3 aromatic carbocycles. The summed E-state index contributed by atoms with van der Waals surface area (Å²) in [7, 11) is 0. The number of benzene rings is 3. The molecule has 0 radical (unpaired) electrons. The Morgan fingerprint density at radius 2 is 1.83 bits per heavy atom. The van der Waals surface area contributed by atoms with E-state index in [2.05, 4.69) is 21.7 Å². The van der Waals surface area contributed by atoms with Crippen molar-refractivity contribution in [1.29, 1.82) is 5.26 Å². The average molecular weight is 767 g/mol. The van der Waals surface area contributed by atoms with E-state index in [0.717, 1.165) is 23.5 Å². The van der Waals surface area contributed by atoms with Crippen LogP contribution in [-0.2, 0) is 30.5 Å². The van der Waals surface area contributed by atoms with Crippen LogP contribution in [0.1, 0.15) is 38.8 Å². The molecule has 1 amide bonds. The minimum absolute atomic E-state index is 0.106. The fourth-order valence-electron chi connectivity index (χ4n) is 5.18. The summed E-state index contributed by atoms with van der Waals surface area (Å²) in [4.78, 5) is 41.7. The first kappa shape index (κ1) is 38.8. The number of thioether (sulfide) groups is 2. The number of anilines is 3. The number of rotatable bonds is 14. The lowest BCUT2D eigenvalue weighted by Gasteiger charge is -2.21. The second-order valence-electron chi connectivity index (χ2n) is 12.3. The van der Waals surface area contributed by atoms with Crippen molar-refractivity contribution < 1.29 is 37.7 Å². The number of fused-ring (bicyclic) bond motifs is 1. The van der Waals surface area contributed by atoms with Crippen LogP contribution in [0.25, 0.3) is 10.9 Å². The van der Waals surface area contributed by atoms with Crippen molar-refractivity contribution in [2.75, 3.05) is 35.4 Å². The highest BCUT2D eigenvalue weighted by atomic mass is 35.5. The molecule has 0 bridgehead atoms. The molecule has 1 aliphatic rings. The first-order valence-electron chi connectivity index (χ1n) is 16.1. The number of carbonyl (C=O) groups is 3. The van der Waals surface area contributed by atoms with Crippen molar-refractivity contribution in [3.8, 4) is 17.6 Å². The van der Waals surface area contributed by atoms with Crippen LogP contribution >= 0.6 is 35.1 Å². The van der Waals surface area contributed by atoms with Gasteiger partial charge in [-0.1, -0.05) is 47.3 Å². The lowest BCUT2D eigenvalue weighted by atomic mass is 10.1. The van der Waals surface area contributed by atoms with E-state index >= 15 is 0 Å². The van der Waals surface area contributed by atoms with Gasteiger partial charge in [-0.05, 0) is 55.8 Å². The molecule has 0 aliphatic carbocycles. The van der Waals surface area contributed by atoms with E-state index in [0.29, 0.717) is 40.2 Å². The molecule has 1 atom stereocenters. The molecule has 1 fully saturated rings. The Morgan fingerprint density at radius 3 is 2.46 bits per heavy atom. The summed E-state index contributed by atoms with van der Waals surface area (Å²) in [5, 5.41) is 16.7. The second-order valence-corrected chi connectivity index (χ2v) is 15.1. The number of aromatic nitrogens is 1. The van der Waals surface area contributed by atoms with Crippen LogP contribution in [0.4, 0.5) is 21.5 Å². The topological polar surface area (TPSA) is 149 Å². The summed E-state index contributed by atoms with van der Waals surface area (Å²) >= 11 is 8.57. The molecule has 4 aromatic rings. The SMILES string of the molecule is CC(=O)SCC(CSC(C)=O)C(=O)Nc1cc2c(Nc3ccc(OCc4cccc(F)c4)c(Cl)c3)c(C#N)cnc2cc1OC[C@H]1COC(C)(C)O1.